The lowest BCUT2D eigenvalue weighted by atomic mass is 9.86. The highest BCUT2D eigenvalue weighted by atomic mass is 19.1. The monoisotopic (exact) mass is 333 g/mol. The van der Waals surface area contributed by atoms with E-state index >= 15 is 0 Å². The summed E-state index contributed by atoms with van der Waals surface area (Å²) in [5.41, 5.74) is 0.359. The minimum atomic E-state index is -0.446. The van der Waals surface area contributed by atoms with Crippen LogP contribution in [0.5, 0.6) is 0 Å². The van der Waals surface area contributed by atoms with Gasteiger partial charge in [0.15, 0.2) is 0 Å². The van der Waals surface area contributed by atoms with Crippen molar-refractivity contribution >= 4 is 6.09 Å². The number of piperidine rings is 1. The van der Waals surface area contributed by atoms with Crippen LogP contribution in [0.3, 0.4) is 0 Å². The summed E-state index contributed by atoms with van der Waals surface area (Å²) in [6.07, 6.45) is 5.79. The molecule has 0 aromatic heterocycles. The van der Waals surface area contributed by atoms with Gasteiger partial charge in [-0.25, -0.2) is 9.18 Å². The van der Waals surface area contributed by atoms with Gasteiger partial charge in [0.2, 0.25) is 0 Å². The molecule has 2 heterocycles. The Bertz CT molecular complexity index is 582. The summed E-state index contributed by atoms with van der Waals surface area (Å²) in [6.45, 7) is 5.73. The zero-order chi connectivity index (χ0) is 17.3. The zero-order valence-corrected chi connectivity index (χ0v) is 14.9. The summed E-state index contributed by atoms with van der Waals surface area (Å²) in [5.74, 6) is 0.465. The normalized spacial score (nSPS) is 26.5. The van der Waals surface area contributed by atoms with Gasteiger partial charge >= 0.3 is 6.09 Å². The van der Waals surface area contributed by atoms with Gasteiger partial charge in [-0.3, -0.25) is 0 Å². The molecule has 1 amide bonds. The first-order valence-electron chi connectivity index (χ1n) is 9.08. The zero-order valence-electron chi connectivity index (χ0n) is 14.9. The van der Waals surface area contributed by atoms with Crippen LogP contribution >= 0.6 is 0 Å². The van der Waals surface area contributed by atoms with E-state index in [9.17, 15) is 9.18 Å². The number of benzene rings is 1. The van der Waals surface area contributed by atoms with Gasteiger partial charge in [-0.1, -0.05) is 18.2 Å². The number of hydrogen-bond acceptors (Lipinski definition) is 2. The molecule has 3 rings (SSSR count). The molecule has 1 aromatic rings. The lowest BCUT2D eigenvalue weighted by molar-refractivity contribution is 0.00165. The van der Waals surface area contributed by atoms with Crippen molar-refractivity contribution in [3.05, 3.63) is 35.6 Å². The van der Waals surface area contributed by atoms with Gasteiger partial charge in [0.25, 0.3) is 0 Å². The second-order valence-electron chi connectivity index (χ2n) is 8.24. The van der Waals surface area contributed by atoms with Gasteiger partial charge < -0.3 is 9.64 Å². The van der Waals surface area contributed by atoms with Gasteiger partial charge in [-0.2, -0.15) is 0 Å². The number of nitrogens with zero attached hydrogens (tertiary/aromatic N) is 1. The topological polar surface area (TPSA) is 29.5 Å². The average Bonchev–Trinajstić information content (AvgIpc) is 2.76. The highest BCUT2D eigenvalue weighted by Crippen LogP contribution is 2.41. The maximum absolute atomic E-state index is 13.8. The molecule has 132 valence electrons. The smallest absolute Gasteiger partial charge is 0.410 e. The van der Waals surface area contributed by atoms with Crippen LogP contribution in [0.1, 0.15) is 58.4 Å². The lowest BCUT2D eigenvalue weighted by Crippen LogP contribution is -2.48. The van der Waals surface area contributed by atoms with Crippen molar-refractivity contribution in [2.75, 3.05) is 0 Å². The minimum Gasteiger partial charge on any atom is -0.444 e. The number of amides is 1. The standard InChI is InChI=1S/C20H28FNO2/c1-20(2,3)24-19(23)22-16-10-11-17(22)13-14(12-16)8-9-15-6-4-5-7-18(15)21/h4-7,14,16-17H,8-13H2,1-3H3/t14-,16+,17-. The molecule has 0 saturated carbocycles. The molecular weight excluding hydrogens is 305 g/mol. The highest BCUT2D eigenvalue weighted by Gasteiger charge is 2.44. The minimum absolute atomic E-state index is 0.105. The molecular formula is C20H28FNO2. The fourth-order valence-electron chi connectivity index (χ4n) is 4.20. The maximum Gasteiger partial charge on any atom is 0.410 e. The number of fused-ring (bicyclic) bond motifs is 2. The molecule has 0 N–H and O–H groups in total. The van der Waals surface area contributed by atoms with Crippen LogP contribution in [0.4, 0.5) is 9.18 Å². The molecule has 1 aromatic carbocycles. The Morgan fingerprint density at radius 1 is 1.21 bits per heavy atom. The fourth-order valence-corrected chi connectivity index (χ4v) is 4.20. The number of carbonyl (C=O) groups excluding carboxylic acids is 1. The van der Waals surface area contributed by atoms with Crippen LogP contribution in [0, 0.1) is 11.7 Å². The molecule has 24 heavy (non-hydrogen) atoms. The third-order valence-electron chi connectivity index (χ3n) is 5.21. The van der Waals surface area contributed by atoms with Crippen LogP contribution in [0.25, 0.3) is 0 Å². The Balaban J connectivity index is 1.57. The molecule has 0 radical (unpaired) electrons. The van der Waals surface area contributed by atoms with E-state index < -0.39 is 5.60 Å². The van der Waals surface area contributed by atoms with E-state index in [0.29, 0.717) is 18.0 Å². The summed E-state index contributed by atoms with van der Waals surface area (Å²) >= 11 is 0. The van der Waals surface area contributed by atoms with Crippen molar-refractivity contribution in [2.45, 2.75) is 77.0 Å². The van der Waals surface area contributed by atoms with Crippen LogP contribution in [-0.2, 0) is 11.2 Å². The molecule has 0 aliphatic carbocycles. The first-order valence-corrected chi connectivity index (χ1v) is 9.08. The Labute approximate surface area is 144 Å². The first kappa shape index (κ1) is 17.2. The van der Waals surface area contributed by atoms with Crippen LogP contribution in [0.15, 0.2) is 24.3 Å². The van der Waals surface area contributed by atoms with E-state index in [2.05, 4.69) is 0 Å². The molecule has 3 nitrogen and oxygen atoms in total. The number of carbonyl (C=O) groups is 1. The molecule has 0 spiro atoms. The summed E-state index contributed by atoms with van der Waals surface area (Å²) in [5, 5.41) is 0. The first-order chi connectivity index (χ1) is 11.3. The van der Waals surface area contributed by atoms with Crippen molar-refractivity contribution in [1.82, 2.24) is 4.90 Å². The summed E-state index contributed by atoms with van der Waals surface area (Å²) < 4.78 is 19.3. The summed E-state index contributed by atoms with van der Waals surface area (Å²) in [6, 6.07) is 7.63. The molecule has 2 fully saturated rings. The van der Waals surface area contributed by atoms with Crippen LogP contribution < -0.4 is 0 Å². The van der Waals surface area contributed by atoms with Crippen LogP contribution in [-0.4, -0.2) is 28.7 Å². The molecule has 4 heteroatoms. The Hall–Kier alpha value is -1.58. The summed E-state index contributed by atoms with van der Waals surface area (Å²) in [4.78, 5) is 14.4. The van der Waals surface area contributed by atoms with Crippen molar-refractivity contribution in [1.29, 1.82) is 0 Å². The van der Waals surface area contributed by atoms with Crippen LogP contribution in [0.2, 0.25) is 0 Å². The fraction of sp³-hybridized carbons (Fsp3) is 0.650. The maximum atomic E-state index is 13.8. The summed E-state index contributed by atoms with van der Waals surface area (Å²) in [7, 11) is 0. The van der Waals surface area contributed by atoms with E-state index in [-0.39, 0.29) is 11.9 Å². The number of hydrogen-bond donors (Lipinski definition) is 0. The largest absolute Gasteiger partial charge is 0.444 e. The molecule has 0 unspecified atom stereocenters. The predicted octanol–water partition coefficient (Wildman–Crippen LogP) is 4.94. The molecule has 2 aliphatic rings. The molecule has 2 aliphatic heterocycles. The predicted molar refractivity (Wildman–Crippen MR) is 92.3 cm³/mol. The van der Waals surface area contributed by atoms with Gasteiger partial charge in [0.05, 0.1) is 0 Å². The third kappa shape index (κ3) is 3.90. The Kier molecular flexibility index (Phi) is 4.84. The number of aryl methyl sites for hydroxylation is 1. The Morgan fingerprint density at radius 2 is 1.83 bits per heavy atom. The van der Waals surface area contributed by atoms with Gasteiger partial charge in [-0.15, -0.1) is 0 Å². The van der Waals surface area contributed by atoms with E-state index in [1.54, 1.807) is 6.07 Å². The van der Waals surface area contributed by atoms with E-state index in [1.807, 2.05) is 37.8 Å². The third-order valence-corrected chi connectivity index (χ3v) is 5.21. The van der Waals surface area contributed by atoms with Crippen molar-refractivity contribution in [2.24, 2.45) is 5.92 Å². The number of ether oxygens (including phenoxy) is 1. The lowest BCUT2D eigenvalue weighted by Gasteiger charge is -2.39. The van der Waals surface area contributed by atoms with E-state index in [1.165, 1.54) is 6.07 Å². The average molecular weight is 333 g/mol. The van der Waals surface area contributed by atoms with Gasteiger partial charge in [0, 0.05) is 12.1 Å². The van der Waals surface area contributed by atoms with Gasteiger partial charge in [-0.05, 0) is 76.8 Å². The van der Waals surface area contributed by atoms with Crippen molar-refractivity contribution in [3.63, 3.8) is 0 Å². The van der Waals surface area contributed by atoms with Crippen molar-refractivity contribution < 1.29 is 13.9 Å². The van der Waals surface area contributed by atoms with Crippen molar-refractivity contribution in [3.8, 4) is 0 Å². The second-order valence-corrected chi connectivity index (χ2v) is 8.24. The Morgan fingerprint density at radius 3 is 2.42 bits per heavy atom. The number of rotatable bonds is 3. The molecule has 2 saturated heterocycles. The SMILES string of the molecule is CC(C)(C)OC(=O)N1[C@@H]2CC[C@H]1C[C@@H](CCc1ccccc1F)C2. The molecule has 2 bridgehead atoms. The highest BCUT2D eigenvalue weighted by molar-refractivity contribution is 5.69. The number of halogens is 1. The van der Waals surface area contributed by atoms with E-state index in [4.69, 9.17) is 4.74 Å². The van der Waals surface area contributed by atoms with Gasteiger partial charge in [0.1, 0.15) is 11.4 Å². The van der Waals surface area contributed by atoms with E-state index in [0.717, 1.165) is 44.1 Å². The molecule has 3 atom stereocenters. The quantitative estimate of drug-likeness (QED) is 0.784. The second kappa shape index (κ2) is 6.73.